The van der Waals surface area contributed by atoms with Gasteiger partial charge in [0, 0.05) is 0 Å². The monoisotopic (exact) mass is 754 g/mol. The Bertz CT molecular complexity index is 2130. The van der Waals surface area contributed by atoms with Gasteiger partial charge in [-0.2, -0.15) is 0 Å². The maximum absolute atomic E-state index is 7.01. The van der Waals surface area contributed by atoms with Crippen molar-refractivity contribution >= 4 is 71.1 Å². The van der Waals surface area contributed by atoms with Crippen LogP contribution >= 0.6 is 28.7 Å². The zero-order valence-electron chi connectivity index (χ0n) is 29.3. The molecular weight excluding hydrogens is 714 g/mol. The van der Waals surface area contributed by atoms with Crippen LogP contribution in [0.15, 0.2) is 243 Å². The highest BCUT2D eigenvalue weighted by molar-refractivity contribution is 8.49. The zero-order valence-corrected chi connectivity index (χ0v) is 32.9. The van der Waals surface area contributed by atoms with E-state index in [1.165, 1.54) is 42.4 Å². The summed E-state index contributed by atoms with van der Waals surface area (Å²) in [6, 6.07) is 90.2. The molecule has 0 aliphatic heterocycles. The molecule has 0 unspecified atom stereocenters. The first-order valence-electron chi connectivity index (χ1n) is 17.9. The van der Waals surface area contributed by atoms with Crippen LogP contribution in [0.1, 0.15) is 0 Å². The fourth-order valence-corrected chi connectivity index (χ4v) is 32.6. The highest BCUT2D eigenvalue weighted by Gasteiger charge is 2.52. The van der Waals surface area contributed by atoms with Gasteiger partial charge < -0.3 is 0 Å². The lowest BCUT2D eigenvalue weighted by atomic mass is 10.4. The Balaban J connectivity index is 1.77. The molecule has 8 aromatic carbocycles. The number of hydrogen-bond donors (Lipinski definition) is 0. The third kappa shape index (κ3) is 7.02. The molecule has 0 spiro atoms. The van der Waals surface area contributed by atoms with Gasteiger partial charge in [-0.3, -0.25) is 0 Å². The molecular formula is C48H40NP4+. The summed E-state index contributed by atoms with van der Waals surface area (Å²) in [7, 11) is -2.15. The lowest BCUT2D eigenvalue weighted by Crippen LogP contribution is -2.28. The predicted octanol–water partition coefficient (Wildman–Crippen LogP) is 9.85. The SMILES string of the molecule is c1ccc(P(c2ccccc2)P(=[N+]=P(c2ccccc2)(c2ccccc2)P(c2ccccc2)c2ccccc2)(c2ccccc2)c2ccccc2)cc1. The molecule has 0 aliphatic carbocycles. The number of nitrogens with zero attached hydrogens (tertiary/aromatic N) is 1. The van der Waals surface area contributed by atoms with E-state index in [-0.39, 0.29) is 0 Å². The third-order valence-electron chi connectivity index (χ3n) is 9.31. The van der Waals surface area contributed by atoms with E-state index >= 15 is 0 Å². The highest BCUT2D eigenvalue weighted by atomic mass is 32.1. The van der Waals surface area contributed by atoms with Gasteiger partial charge in [-0.15, -0.1) is 4.17 Å². The quantitative estimate of drug-likeness (QED) is 0.0976. The first-order valence-corrected chi connectivity index (χ1v) is 25.5. The lowest BCUT2D eigenvalue weighted by molar-refractivity contribution is 1.70. The number of hydrogen-bond acceptors (Lipinski definition) is 0. The molecule has 8 rings (SSSR count). The van der Waals surface area contributed by atoms with Gasteiger partial charge in [-0.05, 0) is 69.7 Å². The number of rotatable bonds is 10. The standard InChI is InChI=1S/C48H40NP4/c1-9-25-41(26-10-1)50(42-27-11-2-12-28-42)52(45-33-17-5-18-34-45,46-35-19-6-20-36-46)49-53(47-37-21-7-22-38-47,48-39-23-8-24-40-48)51(43-29-13-3-14-30-43)44-31-15-4-16-32-44/h1-40H/q+1. The van der Waals surface area contributed by atoms with Crippen molar-refractivity contribution in [2.24, 2.45) is 0 Å². The van der Waals surface area contributed by atoms with Gasteiger partial charge in [0.2, 0.25) is 0 Å². The summed E-state index contributed by atoms with van der Waals surface area (Å²) in [6.07, 6.45) is 0. The number of benzene rings is 8. The van der Waals surface area contributed by atoms with Gasteiger partial charge in [0.25, 0.3) is 13.5 Å². The fraction of sp³-hybridized carbons (Fsp3) is 0. The first kappa shape index (κ1) is 35.2. The van der Waals surface area contributed by atoms with Crippen molar-refractivity contribution in [3.8, 4) is 0 Å². The van der Waals surface area contributed by atoms with Crippen molar-refractivity contribution < 1.29 is 0 Å². The van der Waals surface area contributed by atoms with Gasteiger partial charge in [0.05, 0.1) is 36.4 Å². The second-order valence-electron chi connectivity index (χ2n) is 12.6. The summed E-state index contributed by atoms with van der Waals surface area (Å²) in [6.45, 7) is -5.49. The van der Waals surface area contributed by atoms with Gasteiger partial charge in [0.1, 0.15) is 0 Å². The van der Waals surface area contributed by atoms with Gasteiger partial charge >= 0.3 is 0 Å². The molecule has 5 heteroatoms. The van der Waals surface area contributed by atoms with Crippen LogP contribution in [0.5, 0.6) is 0 Å². The van der Waals surface area contributed by atoms with E-state index in [2.05, 4.69) is 243 Å². The van der Waals surface area contributed by atoms with E-state index < -0.39 is 28.7 Å². The molecule has 0 bridgehead atoms. The van der Waals surface area contributed by atoms with Crippen LogP contribution in [0.2, 0.25) is 0 Å². The van der Waals surface area contributed by atoms with E-state index in [9.17, 15) is 0 Å². The molecule has 0 heterocycles. The average molecular weight is 755 g/mol. The molecule has 0 atom stereocenters. The van der Waals surface area contributed by atoms with Gasteiger partial charge in [-0.1, -0.05) is 194 Å². The van der Waals surface area contributed by atoms with Crippen LogP contribution in [0, 0.1) is 0 Å². The molecule has 0 aromatic heterocycles. The van der Waals surface area contributed by atoms with E-state index in [1.807, 2.05) is 0 Å². The summed E-state index contributed by atoms with van der Waals surface area (Å²) in [5.74, 6) is 0. The Labute approximate surface area is 316 Å². The maximum Gasteiger partial charge on any atom is 0.299 e. The molecule has 0 amide bonds. The average Bonchev–Trinajstić information content (AvgIpc) is 3.26. The van der Waals surface area contributed by atoms with Crippen molar-refractivity contribution in [2.45, 2.75) is 0 Å². The van der Waals surface area contributed by atoms with Crippen LogP contribution in [-0.2, 0) is 0 Å². The minimum Gasteiger partial charge on any atom is -0.148 e. The molecule has 0 aliphatic rings. The zero-order chi connectivity index (χ0) is 35.8. The minimum absolute atomic E-state index is 1.08. The van der Waals surface area contributed by atoms with Crippen molar-refractivity contribution in [2.75, 3.05) is 0 Å². The summed E-state index contributed by atoms with van der Waals surface area (Å²) in [5.41, 5.74) is 0. The fourth-order valence-electron chi connectivity index (χ4n) is 7.02. The first-order chi connectivity index (χ1) is 26.3. The highest BCUT2D eigenvalue weighted by Crippen LogP contribution is 2.78. The smallest absolute Gasteiger partial charge is 0.148 e. The molecule has 0 saturated carbocycles. The van der Waals surface area contributed by atoms with E-state index in [0.717, 1.165) is 0 Å². The topological polar surface area (TPSA) is 14.1 Å². The Kier molecular flexibility index (Phi) is 10.9. The second kappa shape index (κ2) is 16.5. The Morgan fingerprint density at radius 1 is 0.226 bits per heavy atom. The molecule has 8 aromatic rings. The van der Waals surface area contributed by atoms with Gasteiger partial charge in [-0.25, -0.2) is 0 Å². The van der Waals surface area contributed by atoms with Crippen LogP contribution < -0.4 is 46.6 Å². The van der Waals surface area contributed by atoms with E-state index in [0.29, 0.717) is 0 Å². The molecule has 0 fully saturated rings. The van der Waals surface area contributed by atoms with E-state index in [4.69, 9.17) is 4.17 Å². The molecule has 256 valence electrons. The summed E-state index contributed by atoms with van der Waals surface area (Å²) < 4.78 is 7.01. The van der Waals surface area contributed by atoms with Crippen molar-refractivity contribution in [3.63, 3.8) is 0 Å². The van der Waals surface area contributed by atoms with Crippen LogP contribution in [-0.4, -0.2) is 0 Å². The third-order valence-corrected chi connectivity index (χ3v) is 30.2. The normalized spacial score (nSPS) is 11.7. The van der Waals surface area contributed by atoms with Gasteiger partial charge in [0.15, 0.2) is 0 Å². The van der Waals surface area contributed by atoms with Crippen molar-refractivity contribution in [3.05, 3.63) is 243 Å². The summed E-state index contributed by atoms with van der Waals surface area (Å²) >= 11 is 0. The Morgan fingerprint density at radius 2 is 0.396 bits per heavy atom. The van der Waals surface area contributed by atoms with E-state index in [1.54, 1.807) is 0 Å². The lowest BCUT2D eigenvalue weighted by Gasteiger charge is -2.30. The molecule has 0 N–H and O–H groups in total. The van der Waals surface area contributed by atoms with Crippen molar-refractivity contribution in [1.82, 2.24) is 4.17 Å². The minimum atomic E-state index is -2.75. The maximum atomic E-state index is 7.01. The molecule has 53 heavy (non-hydrogen) atoms. The summed E-state index contributed by atoms with van der Waals surface area (Å²) in [5, 5.41) is 10.6. The Morgan fingerprint density at radius 3 is 0.585 bits per heavy atom. The Hall–Kier alpha value is -4.81. The molecule has 1 nitrogen and oxygen atoms in total. The summed E-state index contributed by atoms with van der Waals surface area (Å²) in [4.78, 5) is 0. The largest absolute Gasteiger partial charge is 0.299 e. The van der Waals surface area contributed by atoms with Crippen LogP contribution in [0.3, 0.4) is 0 Å². The van der Waals surface area contributed by atoms with Crippen LogP contribution in [0.25, 0.3) is 0 Å². The second-order valence-corrected chi connectivity index (χ2v) is 27.0. The molecule has 0 radical (unpaired) electrons. The predicted molar refractivity (Wildman–Crippen MR) is 238 cm³/mol. The van der Waals surface area contributed by atoms with Crippen molar-refractivity contribution in [1.29, 1.82) is 0 Å². The van der Waals surface area contributed by atoms with Crippen LogP contribution in [0.4, 0.5) is 0 Å². The molecule has 0 saturated heterocycles.